The number of hydrogen-bond acceptors (Lipinski definition) is 8. The Balaban J connectivity index is 1.22. The van der Waals surface area contributed by atoms with Gasteiger partial charge >= 0.3 is 5.97 Å². The molecule has 0 bridgehead atoms. The van der Waals surface area contributed by atoms with Gasteiger partial charge < -0.3 is 23.9 Å². The van der Waals surface area contributed by atoms with Gasteiger partial charge in [0, 0.05) is 23.3 Å². The van der Waals surface area contributed by atoms with Crippen molar-refractivity contribution in [1.82, 2.24) is 5.32 Å². The van der Waals surface area contributed by atoms with Gasteiger partial charge in [-0.1, -0.05) is 6.07 Å². The van der Waals surface area contributed by atoms with E-state index in [0.29, 0.717) is 44.3 Å². The van der Waals surface area contributed by atoms with Crippen LogP contribution in [0.1, 0.15) is 21.7 Å². The lowest BCUT2D eigenvalue weighted by Gasteiger charge is -1.99. The second-order valence-electron chi connectivity index (χ2n) is 7.17. The van der Waals surface area contributed by atoms with E-state index in [1.54, 1.807) is 36.4 Å². The molecule has 32 heavy (non-hydrogen) atoms. The van der Waals surface area contributed by atoms with E-state index in [2.05, 4.69) is 10.3 Å². The van der Waals surface area contributed by atoms with Crippen molar-refractivity contribution < 1.29 is 28.2 Å². The fraction of sp³-hybridized carbons (Fsp3) is 0.0870. The van der Waals surface area contributed by atoms with Crippen LogP contribution < -0.4 is 14.8 Å². The SMILES string of the molecule is O=C1NC(=Nc2ccc3c(c2)OCO3)SC1=Cc1ccc(-c2ccc3c(c2)COC3=O)o1. The number of ether oxygens (including phenoxy) is 3. The molecule has 0 atom stereocenters. The van der Waals surface area contributed by atoms with Gasteiger partial charge in [-0.05, 0) is 48.2 Å². The molecule has 3 aliphatic heterocycles. The zero-order valence-corrected chi connectivity index (χ0v) is 17.2. The van der Waals surface area contributed by atoms with Crippen molar-refractivity contribution in [2.45, 2.75) is 6.61 Å². The average molecular weight is 446 g/mol. The maximum absolute atomic E-state index is 12.4. The van der Waals surface area contributed by atoms with Crippen LogP contribution in [0.2, 0.25) is 0 Å². The molecule has 8 nitrogen and oxygen atoms in total. The Labute approximate surface area is 185 Å². The van der Waals surface area contributed by atoms with Crippen molar-refractivity contribution in [1.29, 1.82) is 0 Å². The molecule has 0 unspecified atom stereocenters. The zero-order valence-electron chi connectivity index (χ0n) is 16.4. The van der Waals surface area contributed by atoms with E-state index in [0.717, 1.165) is 11.1 Å². The number of rotatable bonds is 3. The molecular formula is C23H14N2O6S. The van der Waals surface area contributed by atoms with E-state index in [-0.39, 0.29) is 25.3 Å². The molecule has 0 spiro atoms. The van der Waals surface area contributed by atoms with Gasteiger partial charge in [0.1, 0.15) is 18.1 Å². The number of esters is 1. The summed E-state index contributed by atoms with van der Waals surface area (Å²) in [5.74, 6) is 1.92. The summed E-state index contributed by atoms with van der Waals surface area (Å²) in [5, 5.41) is 3.23. The highest BCUT2D eigenvalue weighted by Crippen LogP contribution is 2.36. The molecule has 2 aromatic carbocycles. The molecule has 1 aromatic heterocycles. The molecule has 6 rings (SSSR count). The normalized spacial score (nSPS) is 18.9. The lowest BCUT2D eigenvalue weighted by Crippen LogP contribution is -2.19. The number of fused-ring (bicyclic) bond motifs is 2. The summed E-state index contributed by atoms with van der Waals surface area (Å²) >= 11 is 1.23. The monoisotopic (exact) mass is 446 g/mol. The maximum Gasteiger partial charge on any atom is 0.338 e. The molecule has 158 valence electrons. The number of carbonyl (C=O) groups is 2. The lowest BCUT2D eigenvalue weighted by molar-refractivity contribution is -0.115. The van der Waals surface area contributed by atoms with Crippen molar-refractivity contribution in [3.05, 3.63) is 70.3 Å². The van der Waals surface area contributed by atoms with Crippen molar-refractivity contribution in [2.75, 3.05) is 6.79 Å². The third-order valence-corrected chi connectivity index (χ3v) is 6.02. The summed E-state index contributed by atoms with van der Waals surface area (Å²) in [4.78, 5) is 28.9. The van der Waals surface area contributed by atoms with Gasteiger partial charge in [-0.3, -0.25) is 4.79 Å². The molecule has 0 radical (unpaired) electrons. The smallest absolute Gasteiger partial charge is 0.338 e. The number of hydrogen-bond donors (Lipinski definition) is 1. The Morgan fingerprint density at radius 3 is 2.81 bits per heavy atom. The molecule has 0 saturated carbocycles. The van der Waals surface area contributed by atoms with Crippen LogP contribution in [0.15, 0.2) is 62.8 Å². The molecule has 1 saturated heterocycles. The molecule has 1 amide bonds. The van der Waals surface area contributed by atoms with E-state index in [9.17, 15) is 9.59 Å². The number of nitrogens with zero attached hydrogens (tertiary/aromatic N) is 1. The summed E-state index contributed by atoms with van der Waals surface area (Å²) in [6.45, 7) is 0.456. The van der Waals surface area contributed by atoms with Gasteiger partial charge in [0.15, 0.2) is 16.7 Å². The number of thioether (sulfide) groups is 1. The van der Waals surface area contributed by atoms with E-state index in [4.69, 9.17) is 18.6 Å². The first-order valence-corrected chi connectivity index (χ1v) is 10.5. The van der Waals surface area contributed by atoms with Crippen LogP contribution in [-0.4, -0.2) is 23.8 Å². The van der Waals surface area contributed by atoms with Crippen LogP contribution in [0.4, 0.5) is 5.69 Å². The summed E-state index contributed by atoms with van der Waals surface area (Å²) in [5.41, 5.74) is 2.90. The van der Waals surface area contributed by atoms with E-state index in [1.165, 1.54) is 11.8 Å². The Hall–Kier alpha value is -3.98. The van der Waals surface area contributed by atoms with Crippen LogP contribution in [0.5, 0.6) is 11.5 Å². The summed E-state index contributed by atoms with van der Waals surface area (Å²) < 4.78 is 21.6. The van der Waals surface area contributed by atoms with Gasteiger partial charge in [0.25, 0.3) is 5.91 Å². The predicted octanol–water partition coefficient (Wildman–Crippen LogP) is 4.24. The fourth-order valence-corrected chi connectivity index (χ4v) is 4.38. The van der Waals surface area contributed by atoms with E-state index >= 15 is 0 Å². The van der Waals surface area contributed by atoms with Crippen molar-refractivity contribution in [3.8, 4) is 22.8 Å². The predicted molar refractivity (Wildman–Crippen MR) is 117 cm³/mol. The number of furan rings is 1. The van der Waals surface area contributed by atoms with Crippen LogP contribution in [-0.2, 0) is 16.1 Å². The van der Waals surface area contributed by atoms with Crippen molar-refractivity contribution in [3.63, 3.8) is 0 Å². The number of benzene rings is 2. The minimum Gasteiger partial charge on any atom is -0.457 e. The Morgan fingerprint density at radius 2 is 1.88 bits per heavy atom. The third-order valence-electron chi connectivity index (χ3n) is 5.11. The highest BCUT2D eigenvalue weighted by molar-refractivity contribution is 8.18. The molecular weight excluding hydrogens is 432 g/mol. The highest BCUT2D eigenvalue weighted by atomic mass is 32.2. The molecule has 3 aromatic rings. The van der Waals surface area contributed by atoms with Crippen LogP contribution in [0.25, 0.3) is 17.4 Å². The minimum atomic E-state index is -0.307. The lowest BCUT2D eigenvalue weighted by atomic mass is 10.0. The largest absolute Gasteiger partial charge is 0.457 e. The van der Waals surface area contributed by atoms with Gasteiger partial charge in [-0.25, -0.2) is 9.79 Å². The number of amides is 1. The van der Waals surface area contributed by atoms with E-state index in [1.807, 2.05) is 18.2 Å². The van der Waals surface area contributed by atoms with E-state index < -0.39 is 0 Å². The van der Waals surface area contributed by atoms with Crippen LogP contribution in [0.3, 0.4) is 0 Å². The molecule has 1 N–H and O–H groups in total. The van der Waals surface area contributed by atoms with Gasteiger partial charge in [0.05, 0.1) is 16.2 Å². The zero-order chi connectivity index (χ0) is 21.7. The maximum atomic E-state index is 12.4. The number of carbonyl (C=O) groups excluding carboxylic acids is 2. The van der Waals surface area contributed by atoms with Crippen molar-refractivity contribution in [2.24, 2.45) is 4.99 Å². The highest BCUT2D eigenvalue weighted by Gasteiger charge is 2.25. The molecule has 3 aliphatic rings. The standard InChI is InChI=1S/C23H14N2O6S/c26-21-20(32-23(25-21)24-14-2-5-18-19(8-14)30-11-29-18)9-15-3-6-17(31-15)12-1-4-16-13(7-12)10-28-22(16)27/h1-9H,10-11H2,(H,24,25,26). The first kappa shape index (κ1) is 18.8. The Bertz CT molecular complexity index is 1360. The molecule has 4 heterocycles. The second-order valence-corrected chi connectivity index (χ2v) is 8.20. The second kappa shape index (κ2) is 7.31. The third kappa shape index (κ3) is 3.32. The quantitative estimate of drug-likeness (QED) is 0.475. The summed E-state index contributed by atoms with van der Waals surface area (Å²) in [6, 6.07) is 14.4. The van der Waals surface area contributed by atoms with Gasteiger partial charge in [-0.2, -0.15) is 0 Å². The van der Waals surface area contributed by atoms with Gasteiger partial charge in [0.2, 0.25) is 6.79 Å². The molecule has 0 aliphatic carbocycles. The van der Waals surface area contributed by atoms with Crippen LogP contribution >= 0.6 is 11.8 Å². The number of nitrogens with one attached hydrogen (secondary N) is 1. The number of aliphatic imine (C=N–C) groups is 1. The number of cyclic esters (lactones) is 1. The first-order chi connectivity index (χ1) is 15.6. The summed E-state index contributed by atoms with van der Waals surface area (Å²) in [7, 11) is 0. The van der Waals surface area contributed by atoms with Crippen LogP contribution in [0, 0.1) is 0 Å². The summed E-state index contributed by atoms with van der Waals surface area (Å²) in [6.07, 6.45) is 1.67. The Kier molecular flexibility index (Phi) is 4.29. The van der Waals surface area contributed by atoms with Gasteiger partial charge in [-0.15, -0.1) is 0 Å². The molecule has 1 fully saturated rings. The minimum absolute atomic E-state index is 0.191. The average Bonchev–Trinajstić information content (AvgIpc) is 3.57. The fourth-order valence-electron chi connectivity index (χ4n) is 3.55. The number of amidine groups is 1. The molecule has 9 heteroatoms. The Morgan fingerprint density at radius 1 is 0.969 bits per heavy atom. The van der Waals surface area contributed by atoms with Crippen molar-refractivity contribution >= 4 is 40.6 Å². The first-order valence-electron chi connectivity index (χ1n) is 9.72. The topological polar surface area (TPSA) is 99.4 Å².